The second kappa shape index (κ2) is 9.62. The molecular weight excluding hydrogens is 412 g/mol. The maximum atomic E-state index is 13.3. The van der Waals surface area contributed by atoms with E-state index in [4.69, 9.17) is 9.97 Å². The Balaban J connectivity index is 1.36. The van der Waals surface area contributed by atoms with E-state index in [-0.39, 0.29) is 23.8 Å². The van der Waals surface area contributed by atoms with Crippen LogP contribution in [0, 0.1) is 12.8 Å². The van der Waals surface area contributed by atoms with Crippen molar-refractivity contribution in [3.63, 3.8) is 0 Å². The van der Waals surface area contributed by atoms with Crippen LogP contribution in [-0.2, 0) is 22.4 Å². The van der Waals surface area contributed by atoms with Crippen LogP contribution < -0.4 is 4.90 Å². The zero-order valence-corrected chi connectivity index (χ0v) is 19.6. The molecule has 6 nitrogen and oxygen atoms in total. The molecule has 0 spiro atoms. The lowest BCUT2D eigenvalue weighted by molar-refractivity contribution is -0.139. The van der Waals surface area contributed by atoms with Gasteiger partial charge in [-0.1, -0.05) is 43.2 Å². The Labute approximate surface area is 196 Å². The van der Waals surface area contributed by atoms with E-state index in [1.807, 2.05) is 17.9 Å². The number of aromatic nitrogens is 2. The second-order valence-electron chi connectivity index (χ2n) is 9.81. The van der Waals surface area contributed by atoms with Crippen molar-refractivity contribution in [1.82, 2.24) is 14.9 Å². The average molecular weight is 447 g/mol. The number of piperidine rings is 1. The van der Waals surface area contributed by atoms with Gasteiger partial charge < -0.3 is 4.90 Å². The molecule has 0 N–H and O–H groups in total. The van der Waals surface area contributed by atoms with Crippen molar-refractivity contribution in [2.24, 2.45) is 5.92 Å². The Morgan fingerprint density at radius 1 is 1.03 bits per heavy atom. The molecule has 0 unspecified atom stereocenters. The SMILES string of the molecule is Cc1nc([C@H]2CCCCN2C(=O)C2CCCC2)nc2c1CC(=O)N2CCCc1ccccc1. The van der Waals surface area contributed by atoms with Gasteiger partial charge in [0.25, 0.3) is 0 Å². The first kappa shape index (κ1) is 22.1. The molecule has 1 saturated heterocycles. The van der Waals surface area contributed by atoms with Crippen molar-refractivity contribution in [2.45, 2.75) is 77.2 Å². The molecule has 1 saturated carbocycles. The third-order valence-corrected chi connectivity index (χ3v) is 7.57. The van der Waals surface area contributed by atoms with Gasteiger partial charge in [-0.3, -0.25) is 14.5 Å². The zero-order chi connectivity index (χ0) is 22.8. The molecule has 1 aliphatic carbocycles. The van der Waals surface area contributed by atoms with E-state index >= 15 is 0 Å². The fraction of sp³-hybridized carbons (Fsp3) is 0.556. The van der Waals surface area contributed by atoms with Crippen LogP contribution in [0.15, 0.2) is 30.3 Å². The number of hydrogen-bond donors (Lipinski definition) is 0. The van der Waals surface area contributed by atoms with E-state index in [1.165, 1.54) is 5.56 Å². The van der Waals surface area contributed by atoms with Crippen LogP contribution in [-0.4, -0.2) is 39.8 Å². The summed E-state index contributed by atoms with van der Waals surface area (Å²) < 4.78 is 0. The number of nitrogens with zero attached hydrogens (tertiary/aromatic N) is 4. The average Bonchev–Trinajstić information content (AvgIpc) is 3.48. The summed E-state index contributed by atoms with van der Waals surface area (Å²) in [6, 6.07) is 10.3. The van der Waals surface area contributed by atoms with Crippen LogP contribution in [0.4, 0.5) is 5.82 Å². The van der Waals surface area contributed by atoms with Gasteiger partial charge in [-0.05, 0) is 57.4 Å². The third-order valence-electron chi connectivity index (χ3n) is 7.57. The molecule has 2 fully saturated rings. The van der Waals surface area contributed by atoms with Crippen LogP contribution in [0.5, 0.6) is 0 Å². The van der Waals surface area contributed by atoms with E-state index in [1.54, 1.807) is 0 Å². The Kier molecular flexibility index (Phi) is 6.43. The number of aryl methyl sites for hydroxylation is 2. The predicted molar refractivity (Wildman–Crippen MR) is 128 cm³/mol. The Bertz CT molecular complexity index is 1020. The van der Waals surface area contributed by atoms with E-state index in [0.29, 0.717) is 13.0 Å². The number of fused-ring (bicyclic) bond motifs is 1. The molecule has 2 aliphatic heterocycles. The van der Waals surface area contributed by atoms with Gasteiger partial charge >= 0.3 is 0 Å². The lowest BCUT2D eigenvalue weighted by atomic mass is 9.97. The van der Waals surface area contributed by atoms with Crippen molar-refractivity contribution >= 4 is 17.6 Å². The Hall–Kier alpha value is -2.76. The second-order valence-corrected chi connectivity index (χ2v) is 9.81. The van der Waals surface area contributed by atoms with Crippen molar-refractivity contribution in [1.29, 1.82) is 0 Å². The van der Waals surface area contributed by atoms with Gasteiger partial charge in [-0.25, -0.2) is 9.97 Å². The highest BCUT2D eigenvalue weighted by molar-refractivity contribution is 6.00. The molecular formula is C27H34N4O2. The maximum absolute atomic E-state index is 13.3. The van der Waals surface area contributed by atoms with Gasteiger partial charge in [0, 0.05) is 30.3 Å². The standard InChI is InChI=1S/C27H34N4O2/c1-19-22-18-24(32)31(17-9-12-20-10-3-2-4-11-20)26(22)29-25(28-19)23-15-7-8-16-30(23)27(33)21-13-5-6-14-21/h2-4,10-11,21,23H,5-9,12-18H2,1H3/t23-/m1/s1. The Morgan fingerprint density at radius 3 is 2.58 bits per heavy atom. The first-order valence-electron chi connectivity index (χ1n) is 12.6. The number of benzene rings is 1. The van der Waals surface area contributed by atoms with E-state index in [0.717, 1.165) is 87.2 Å². The quantitative estimate of drug-likeness (QED) is 0.653. The summed E-state index contributed by atoms with van der Waals surface area (Å²) in [5.41, 5.74) is 3.12. The third kappa shape index (κ3) is 4.53. The van der Waals surface area contributed by atoms with E-state index < -0.39 is 0 Å². The van der Waals surface area contributed by atoms with Crippen LogP contribution in [0.3, 0.4) is 0 Å². The highest BCUT2D eigenvalue weighted by atomic mass is 16.2. The van der Waals surface area contributed by atoms with Gasteiger partial charge in [0.1, 0.15) is 5.82 Å². The Morgan fingerprint density at radius 2 is 1.79 bits per heavy atom. The largest absolute Gasteiger partial charge is 0.332 e. The minimum atomic E-state index is -0.0716. The number of rotatable bonds is 6. The fourth-order valence-corrected chi connectivity index (χ4v) is 5.73. The number of carbonyl (C=O) groups is 2. The summed E-state index contributed by atoms with van der Waals surface area (Å²) in [5.74, 6) is 2.05. The zero-order valence-electron chi connectivity index (χ0n) is 19.6. The van der Waals surface area contributed by atoms with Crippen LogP contribution in [0.2, 0.25) is 0 Å². The number of amides is 2. The molecule has 3 heterocycles. The van der Waals surface area contributed by atoms with E-state index in [2.05, 4.69) is 29.2 Å². The lowest BCUT2D eigenvalue weighted by Crippen LogP contribution is -2.42. The first-order chi connectivity index (χ1) is 16.1. The molecule has 2 amide bonds. The number of carbonyl (C=O) groups excluding carboxylic acids is 2. The van der Waals surface area contributed by atoms with Crippen LogP contribution in [0.25, 0.3) is 0 Å². The summed E-state index contributed by atoms with van der Waals surface area (Å²) in [7, 11) is 0. The maximum Gasteiger partial charge on any atom is 0.232 e. The van der Waals surface area contributed by atoms with E-state index in [9.17, 15) is 9.59 Å². The molecule has 3 aliphatic rings. The molecule has 33 heavy (non-hydrogen) atoms. The van der Waals surface area contributed by atoms with Crippen molar-refractivity contribution in [3.05, 3.63) is 53.0 Å². The van der Waals surface area contributed by atoms with Gasteiger partial charge in [-0.15, -0.1) is 0 Å². The van der Waals surface area contributed by atoms with Gasteiger partial charge in [0.2, 0.25) is 11.8 Å². The van der Waals surface area contributed by atoms with Crippen molar-refractivity contribution in [3.8, 4) is 0 Å². The highest BCUT2D eigenvalue weighted by Gasteiger charge is 2.37. The summed E-state index contributed by atoms with van der Waals surface area (Å²) >= 11 is 0. The topological polar surface area (TPSA) is 66.4 Å². The fourth-order valence-electron chi connectivity index (χ4n) is 5.73. The predicted octanol–water partition coefficient (Wildman–Crippen LogP) is 4.55. The summed E-state index contributed by atoms with van der Waals surface area (Å²) in [4.78, 5) is 39.9. The molecule has 5 rings (SSSR count). The number of anilines is 1. The van der Waals surface area contributed by atoms with Crippen molar-refractivity contribution in [2.75, 3.05) is 18.0 Å². The van der Waals surface area contributed by atoms with Crippen molar-refractivity contribution < 1.29 is 9.59 Å². The van der Waals surface area contributed by atoms with Gasteiger partial charge in [0.15, 0.2) is 5.82 Å². The summed E-state index contributed by atoms with van der Waals surface area (Å²) in [6.45, 7) is 3.43. The minimum Gasteiger partial charge on any atom is -0.332 e. The van der Waals surface area contributed by atoms with Crippen LogP contribution in [0.1, 0.15) is 80.1 Å². The molecule has 6 heteroatoms. The molecule has 1 aromatic heterocycles. The number of hydrogen-bond acceptors (Lipinski definition) is 4. The lowest BCUT2D eigenvalue weighted by Gasteiger charge is -2.36. The first-order valence-corrected chi connectivity index (χ1v) is 12.6. The molecule has 174 valence electrons. The summed E-state index contributed by atoms with van der Waals surface area (Å²) in [5, 5.41) is 0. The monoisotopic (exact) mass is 446 g/mol. The highest BCUT2D eigenvalue weighted by Crippen LogP contribution is 2.37. The van der Waals surface area contributed by atoms with Gasteiger partial charge in [-0.2, -0.15) is 0 Å². The summed E-state index contributed by atoms with van der Waals surface area (Å²) in [6.07, 6.45) is 9.56. The minimum absolute atomic E-state index is 0.0716. The molecule has 2 aromatic rings. The molecule has 0 radical (unpaired) electrons. The molecule has 0 bridgehead atoms. The van der Waals surface area contributed by atoms with Crippen LogP contribution >= 0.6 is 0 Å². The normalized spacial score (nSPS) is 21.0. The van der Waals surface area contributed by atoms with Gasteiger partial charge in [0.05, 0.1) is 12.5 Å². The smallest absolute Gasteiger partial charge is 0.232 e. The molecule has 1 atom stereocenters. The molecule has 1 aromatic carbocycles. The number of likely N-dealkylation sites (tertiary alicyclic amines) is 1.